The Bertz CT molecular complexity index is 408. The van der Waals surface area contributed by atoms with E-state index in [-0.39, 0.29) is 5.92 Å². The molecule has 116 valence electrons. The molecular weight excluding hydrogens is 297 g/mol. The zero-order valence-electron chi connectivity index (χ0n) is 10.9. The van der Waals surface area contributed by atoms with Crippen LogP contribution < -0.4 is 5.32 Å². The van der Waals surface area contributed by atoms with Gasteiger partial charge in [0.1, 0.15) is 6.29 Å². The van der Waals surface area contributed by atoms with Gasteiger partial charge in [-0.25, -0.2) is 9.59 Å². The molecule has 0 radical (unpaired) electrons. The van der Waals surface area contributed by atoms with Gasteiger partial charge in [0.15, 0.2) is 6.61 Å². The van der Waals surface area contributed by atoms with E-state index in [1.54, 1.807) is 13.8 Å². The maximum absolute atomic E-state index is 11.2. The monoisotopic (exact) mass is 313 g/mol. The van der Waals surface area contributed by atoms with Crippen molar-refractivity contribution >= 4 is 25.6 Å². The summed E-state index contributed by atoms with van der Waals surface area (Å²) in [5.41, 5.74) is 0. The summed E-state index contributed by atoms with van der Waals surface area (Å²) in [4.78, 5) is 41.3. The van der Waals surface area contributed by atoms with Crippen molar-refractivity contribution in [3.05, 3.63) is 0 Å². The van der Waals surface area contributed by atoms with Gasteiger partial charge in [-0.15, -0.1) is 0 Å². The van der Waals surface area contributed by atoms with Crippen LogP contribution in [0.15, 0.2) is 0 Å². The molecule has 0 saturated carbocycles. The van der Waals surface area contributed by atoms with Gasteiger partial charge in [0, 0.05) is 0 Å². The number of carbonyl (C=O) groups is 3. The molecule has 0 rings (SSSR count). The summed E-state index contributed by atoms with van der Waals surface area (Å²) in [6.45, 7) is 1.56. The van der Waals surface area contributed by atoms with Crippen LogP contribution in [0.1, 0.15) is 13.8 Å². The number of carboxylic acids is 1. The number of hydrogen-bond donors (Lipinski definition) is 3. The molecule has 0 aliphatic heterocycles. The van der Waals surface area contributed by atoms with Crippen molar-refractivity contribution in [1.29, 1.82) is 0 Å². The second kappa shape index (κ2) is 8.51. The molecule has 0 aliphatic rings. The van der Waals surface area contributed by atoms with E-state index in [4.69, 9.17) is 10.00 Å². The third kappa shape index (κ3) is 9.31. The lowest BCUT2D eigenvalue weighted by molar-refractivity contribution is -0.155. The fourth-order valence-electron chi connectivity index (χ4n) is 0.725. The summed E-state index contributed by atoms with van der Waals surface area (Å²) in [5.74, 6) is -2.39. The van der Waals surface area contributed by atoms with Gasteiger partial charge in [-0.1, -0.05) is 13.8 Å². The molecule has 0 fully saturated rings. The second-order valence-corrected chi connectivity index (χ2v) is 5.66. The Balaban J connectivity index is 3.90. The van der Waals surface area contributed by atoms with E-state index >= 15 is 0 Å². The van der Waals surface area contributed by atoms with Crippen molar-refractivity contribution in [3.8, 4) is 0 Å². The van der Waals surface area contributed by atoms with Crippen LogP contribution in [0.4, 0.5) is 4.79 Å². The third-order valence-corrected chi connectivity index (χ3v) is 2.77. The number of carboxylic acid groups (broad SMARTS) is 1. The van der Waals surface area contributed by atoms with Crippen LogP contribution in [0.3, 0.4) is 0 Å². The fraction of sp³-hybridized carbons (Fsp3) is 0.667. The molecule has 11 heteroatoms. The Morgan fingerprint density at radius 1 is 1.25 bits per heavy atom. The van der Waals surface area contributed by atoms with Crippen molar-refractivity contribution in [1.82, 2.24) is 5.32 Å². The van der Waals surface area contributed by atoms with Crippen molar-refractivity contribution < 1.29 is 42.9 Å². The average Bonchev–Trinajstić information content (AvgIpc) is 2.34. The minimum atomic E-state index is -4.27. The lowest BCUT2D eigenvalue weighted by Crippen LogP contribution is -2.28. The Morgan fingerprint density at radius 2 is 1.85 bits per heavy atom. The molecule has 0 heterocycles. The average molecular weight is 313 g/mol. The van der Waals surface area contributed by atoms with E-state index in [1.807, 2.05) is 5.32 Å². The number of hydrogen-bond acceptors (Lipinski definition) is 7. The first-order valence-corrected chi connectivity index (χ1v) is 7.15. The molecule has 0 aromatic heterocycles. The highest BCUT2D eigenvalue weighted by atomic mass is 31.2. The van der Waals surface area contributed by atoms with E-state index in [0.29, 0.717) is 0 Å². The Labute approximate surface area is 114 Å². The molecule has 0 saturated heterocycles. The first-order chi connectivity index (χ1) is 9.14. The number of aliphatic carboxylic acids is 1. The number of esters is 1. The number of rotatable bonds is 8. The van der Waals surface area contributed by atoms with Crippen molar-refractivity contribution in [2.45, 2.75) is 13.8 Å². The summed E-state index contributed by atoms with van der Waals surface area (Å²) in [7, 11) is -4.27. The molecule has 0 bridgehead atoms. The highest BCUT2D eigenvalue weighted by Gasteiger charge is 2.22. The van der Waals surface area contributed by atoms with Crippen LogP contribution in [0.2, 0.25) is 0 Å². The highest BCUT2D eigenvalue weighted by molar-refractivity contribution is 7.52. The molecule has 20 heavy (non-hydrogen) atoms. The van der Waals surface area contributed by atoms with Crippen molar-refractivity contribution in [3.63, 3.8) is 0 Å². The molecule has 0 aromatic carbocycles. The molecule has 1 amide bonds. The van der Waals surface area contributed by atoms with Gasteiger partial charge in [-0.05, 0) is 0 Å². The van der Waals surface area contributed by atoms with Crippen molar-refractivity contribution in [2.24, 2.45) is 5.92 Å². The van der Waals surface area contributed by atoms with Crippen LogP contribution in [0.25, 0.3) is 0 Å². The quantitative estimate of drug-likeness (QED) is 0.322. The summed E-state index contributed by atoms with van der Waals surface area (Å²) in [6.07, 6.45) is -1.95. The number of nitrogens with one attached hydrogen (secondary N) is 1. The summed E-state index contributed by atoms with van der Waals surface area (Å²) in [5, 5.41) is 10.1. The smallest absolute Gasteiger partial charge is 0.410 e. The molecule has 0 aliphatic carbocycles. The molecule has 0 aromatic rings. The van der Waals surface area contributed by atoms with Crippen LogP contribution in [0, 0.1) is 5.92 Å². The van der Waals surface area contributed by atoms with E-state index in [0.717, 1.165) is 0 Å². The highest BCUT2D eigenvalue weighted by Crippen LogP contribution is 2.39. The third-order valence-electron chi connectivity index (χ3n) is 1.68. The number of ether oxygens (including phenoxy) is 2. The SMILES string of the molecule is CC(C)C(=O)OCOC(=O)NCP(=O)(O)OCC(=O)O. The standard InChI is InChI=1S/C9H16NO9P/c1-6(2)8(13)17-5-18-9(14)10-4-20(15,16)19-3-7(11)12/h6H,3-5H2,1-2H3,(H,10,14)(H,11,12)(H,15,16). The molecule has 0 spiro atoms. The van der Waals surface area contributed by atoms with Gasteiger partial charge in [-0.2, -0.15) is 0 Å². The van der Waals surface area contributed by atoms with E-state index < -0.39 is 45.3 Å². The Hall–Kier alpha value is -1.64. The fourth-order valence-corrected chi connectivity index (χ4v) is 1.46. The molecular formula is C9H16NO9P. The molecule has 1 atom stereocenters. The van der Waals surface area contributed by atoms with Crippen LogP contribution in [-0.4, -0.2) is 47.7 Å². The largest absolute Gasteiger partial charge is 0.480 e. The van der Waals surface area contributed by atoms with Crippen molar-refractivity contribution in [2.75, 3.05) is 19.7 Å². The number of amides is 1. The lowest BCUT2D eigenvalue weighted by atomic mass is 10.2. The summed E-state index contributed by atoms with van der Waals surface area (Å²) >= 11 is 0. The van der Waals surface area contributed by atoms with E-state index in [2.05, 4.69) is 14.0 Å². The van der Waals surface area contributed by atoms with Crippen LogP contribution >= 0.6 is 7.60 Å². The molecule has 1 unspecified atom stereocenters. The first kappa shape index (κ1) is 18.4. The van der Waals surface area contributed by atoms with Gasteiger partial charge in [0.25, 0.3) is 0 Å². The van der Waals surface area contributed by atoms with Gasteiger partial charge in [0.2, 0.25) is 6.79 Å². The summed E-state index contributed by atoms with van der Waals surface area (Å²) < 4.78 is 24.3. The number of alkyl carbamates (subject to hydrolysis) is 1. The predicted octanol–water partition coefficient (Wildman–Crippen LogP) is 0.113. The Morgan fingerprint density at radius 3 is 2.35 bits per heavy atom. The maximum Gasteiger partial charge on any atom is 0.410 e. The van der Waals surface area contributed by atoms with Gasteiger partial charge >= 0.3 is 25.6 Å². The summed E-state index contributed by atoms with van der Waals surface area (Å²) in [6, 6.07) is 0. The Kier molecular flexibility index (Phi) is 7.82. The van der Waals surface area contributed by atoms with Crippen LogP contribution in [0.5, 0.6) is 0 Å². The lowest BCUT2D eigenvalue weighted by Gasteiger charge is -2.12. The van der Waals surface area contributed by atoms with Gasteiger partial charge in [0.05, 0.1) is 5.92 Å². The topological polar surface area (TPSA) is 148 Å². The molecule has 3 N–H and O–H groups in total. The number of carbonyl (C=O) groups excluding carboxylic acids is 2. The zero-order valence-corrected chi connectivity index (χ0v) is 11.8. The normalized spacial score (nSPS) is 13.4. The minimum Gasteiger partial charge on any atom is -0.480 e. The second-order valence-electron chi connectivity index (χ2n) is 3.81. The minimum absolute atomic E-state index is 0.385. The van der Waals surface area contributed by atoms with Gasteiger partial charge < -0.3 is 24.8 Å². The van der Waals surface area contributed by atoms with Crippen LogP contribution in [-0.2, 0) is 28.2 Å². The zero-order chi connectivity index (χ0) is 15.8. The van der Waals surface area contributed by atoms with Gasteiger partial charge in [-0.3, -0.25) is 13.9 Å². The predicted molar refractivity (Wildman–Crippen MR) is 63.7 cm³/mol. The first-order valence-electron chi connectivity index (χ1n) is 5.39. The van der Waals surface area contributed by atoms with E-state index in [1.165, 1.54) is 0 Å². The maximum atomic E-state index is 11.2. The molecule has 10 nitrogen and oxygen atoms in total. The van der Waals surface area contributed by atoms with E-state index in [9.17, 15) is 18.9 Å².